The lowest BCUT2D eigenvalue weighted by molar-refractivity contribution is 0.0341. The lowest BCUT2D eigenvalue weighted by Crippen LogP contribution is -2.35. The van der Waals surface area contributed by atoms with E-state index in [-0.39, 0.29) is 17.7 Å². The minimum absolute atomic E-state index is 0.156. The fourth-order valence-electron chi connectivity index (χ4n) is 4.16. The summed E-state index contributed by atoms with van der Waals surface area (Å²) in [6, 6.07) is 13.3. The molecule has 0 N–H and O–H groups in total. The molecule has 2 aliphatic rings. The number of hydrogen-bond donors (Lipinski definition) is 0. The van der Waals surface area contributed by atoms with Crippen LogP contribution in [0.3, 0.4) is 0 Å². The summed E-state index contributed by atoms with van der Waals surface area (Å²) in [6.45, 7) is 4.51. The highest BCUT2D eigenvalue weighted by atomic mass is 32.1. The van der Waals surface area contributed by atoms with Crippen LogP contribution in [0.5, 0.6) is 0 Å². The number of fused-ring (bicyclic) bond motifs is 1. The smallest absolute Gasteiger partial charge is 0.266 e. The Balaban J connectivity index is 1.22. The van der Waals surface area contributed by atoms with Gasteiger partial charge in [-0.15, -0.1) is 11.3 Å². The average molecular weight is 477 g/mol. The van der Waals surface area contributed by atoms with Gasteiger partial charge in [0.1, 0.15) is 5.01 Å². The Kier molecular flexibility index (Phi) is 6.23. The summed E-state index contributed by atoms with van der Waals surface area (Å²) in [6.07, 6.45) is 0. The molecule has 3 amide bonds. The zero-order valence-corrected chi connectivity index (χ0v) is 19.6. The standard InChI is InChI=1S/C25H24N4O4S/c1-27(14-18-16-34-22(26-18)15-28-10-12-33-13-11-28)23(30)17-6-8-19(9-7-17)29-24(31)20-4-2-3-5-21(20)25(29)32/h2-9,16H,10-15H2,1H3. The number of amides is 3. The second kappa shape index (κ2) is 9.46. The molecule has 0 saturated carbocycles. The zero-order chi connectivity index (χ0) is 23.7. The van der Waals surface area contributed by atoms with Gasteiger partial charge < -0.3 is 9.64 Å². The first-order chi connectivity index (χ1) is 16.5. The van der Waals surface area contributed by atoms with Crippen molar-refractivity contribution in [3.05, 3.63) is 81.3 Å². The van der Waals surface area contributed by atoms with Gasteiger partial charge in [-0.25, -0.2) is 9.88 Å². The van der Waals surface area contributed by atoms with Crippen LogP contribution >= 0.6 is 11.3 Å². The third-order valence-corrected chi connectivity index (χ3v) is 6.86. The Hall–Kier alpha value is -3.40. The number of benzene rings is 2. The van der Waals surface area contributed by atoms with Crippen LogP contribution in [0.1, 0.15) is 41.8 Å². The number of carbonyl (C=O) groups is 3. The monoisotopic (exact) mass is 476 g/mol. The Morgan fingerprint density at radius 3 is 2.32 bits per heavy atom. The van der Waals surface area contributed by atoms with E-state index >= 15 is 0 Å². The Morgan fingerprint density at radius 1 is 1.03 bits per heavy atom. The topological polar surface area (TPSA) is 83.1 Å². The SMILES string of the molecule is CN(Cc1csc(CN2CCOCC2)n1)C(=O)c1ccc(N2C(=O)c3ccccc3C2=O)cc1. The summed E-state index contributed by atoms with van der Waals surface area (Å²) >= 11 is 1.60. The van der Waals surface area contributed by atoms with Crippen molar-refractivity contribution in [2.24, 2.45) is 0 Å². The summed E-state index contributed by atoms with van der Waals surface area (Å²) in [5.74, 6) is -0.863. The van der Waals surface area contributed by atoms with Crippen LogP contribution in [-0.2, 0) is 17.8 Å². The molecule has 2 aromatic carbocycles. The van der Waals surface area contributed by atoms with Gasteiger partial charge in [0, 0.05) is 31.1 Å². The summed E-state index contributed by atoms with van der Waals surface area (Å²) < 4.78 is 5.39. The molecule has 2 aliphatic heterocycles. The van der Waals surface area contributed by atoms with Gasteiger partial charge in [-0.3, -0.25) is 19.3 Å². The van der Waals surface area contributed by atoms with E-state index in [9.17, 15) is 14.4 Å². The van der Waals surface area contributed by atoms with Gasteiger partial charge in [0.05, 0.1) is 48.8 Å². The third kappa shape index (κ3) is 4.37. The zero-order valence-electron chi connectivity index (χ0n) is 18.8. The number of rotatable bonds is 6. The van der Waals surface area contributed by atoms with Crippen LogP contribution in [0, 0.1) is 0 Å². The molecule has 0 radical (unpaired) electrons. The van der Waals surface area contributed by atoms with Gasteiger partial charge in [0.15, 0.2) is 0 Å². The van der Waals surface area contributed by atoms with Gasteiger partial charge in [0.25, 0.3) is 17.7 Å². The van der Waals surface area contributed by atoms with E-state index in [0.717, 1.165) is 48.4 Å². The summed E-state index contributed by atoms with van der Waals surface area (Å²) in [5, 5.41) is 3.02. The highest BCUT2D eigenvalue weighted by Gasteiger charge is 2.36. The number of morpholine rings is 1. The molecular formula is C25H24N4O4S. The van der Waals surface area contributed by atoms with Crippen molar-refractivity contribution in [2.75, 3.05) is 38.3 Å². The summed E-state index contributed by atoms with van der Waals surface area (Å²) in [7, 11) is 1.74. The number of anilines is 1. The molecule has 1 aromatic heterocycles. The van der Waals surface area contributed by atoms with Crippen LogP contribution < -0.4 is 4.90 Å². The lowest BCUT2D eigenvalue weighted by Gasteiger charge is -2.25. The quantitative estimate of drug-likeness (QED) is 0.509. The van der Waals surface area contributed by atoms with Gasteiger partial charge >= 0.3 is 0 Å². The molecule has 0 atom stereocenters. The second-order valence-corrected chi connectivity index (χ2v) is 9.26. The number of imide groups is 1. The van der Waals surface area contributed by atoms with E-state index in [1.165, 1.54) is 0 Å². The molecule has 8 nitrogen and oxygen atoms in total. The van der Waals surface area contributed by atoms with Crippen LogP contribution in [0.4, 0.5) is 5.69 Å². The van der Waals surface area contributed by atoms with Crippen LogP contribution in [0.2, 0.25) is 0 Å². The first-order valence-electron chi connectivity index (χ1n) is 11.1. The normalized spacial score (nSPS) is 16.1. The molecule has 3 aromatic rings. The van der Waals surface area contributed by atoms with Crippen molar-refractivity contribution in [2.45, 2.75) is 13.1 Å². The van der Waals surface area contributed by atoms with E-state index in [4.69, 9.17) is 4.74 Å². The van der Waals surface area contributed by atoms with E-state index in [1.54, 1.807) is 71.8 Å². The Bertz CT molecular complexity index is 1200. The largest absolute Gasteiger partial charge is 0.379 e. The van der Waals surface area contributed by atoms with Crippen molar-refractivity contribution >= 4 is 34.7 Å². The molecule has 0 bridgehead atoms. The molecule has 1 saturated heterocycles. The molecule has 0 unspecified atom stereocenters. The van der Waals surface area contributed by atoms with Gasteiger partial charge in [-0.1, -0.05) is 12.1 Å². The molecule has 174 valence electrons. The fraction of sp³-hybridized carbons (Fsp3) is 0.280. The number of nitrogens with zero attached hydrogens (tertiary/aromatic N) is 4. The van der Waals surface area contributed by atoms with E-state index in [1.807, 2.05) is 5.38 Å². The van der Waals surface area contributed by atoms with Crippen molar-refractivity contribution in [3.8, 4) is 0 Å². The number of aromatic nitrogens is 1. The molecule has 3 heterocycles. The predicted octanol–water partition coefficient (Wildman–Crippen LogP) is 3.05. The first kappa shape index (κ1) is 22.4. The van der Waals surface area contributed by atoms with Crippen molar-refractivity contribution in [1.82, 2.24) is 14.8 Å². The maximum absolute atomic E-state index is 12.9. The van der Waals surface area contributed by atoms with Gasteiger partial charge in [-0.05, 0) is 36.4 Å². The number of thiazole rings is 1. The Labute approximate surface area is 201 Å². The van der Waals surface area contributed by atoms with Crippen LogP contribution in [0.15, 0.2) is 53.9 Å². The van der Waals surface area contributed by atoms with Crippen LogP contribution in [0.25, 0.3) is 0 Å². The summed E-state index contributed by atoms with van der Waals surface area (Å²) in [5.41, 5.74) is 2.56. The minimum Gasteiger partial charge on any atom is -0.379 e. The molecule has 5 rings (SSSR count). The lowest BCUT2D eigenvalue weighted by atomic mass is 10.1. The van der Waals surface area contributed by atoms with Crippen LogP contribution in [-0.4, -0.2) is 65.9 Å². The average Bonchev–Trinajstić information content (AvgIpc) is 3.41. The van der Waals surface area contributed by atoms with E-state index in [2.05, 4.69) is 9.88 Å². The predicted molar refractivity (Wildman–Crippen MR) is 128 cm³/mol. The third-order valence-electron chi connectivity index (χ3n) is 5.97. The van der Waals surface area contributed by atoms with Crippen molar-refractivity contribution < 1.29 is 19.1 Å². The second-order valence-electron chi connectivity index (χ2n) is 8.32. The van der Waals surface area contributed by atoms with Gasteiger partial charge in [-0.2, -0.15) is 0 Å². The fourth-order valence-corrected chi connectivity index (χ4v) is 4.98. The number of carbonyl (C=O) groups excluding carboxylic acids is 3. The molecule has 0 aliphatic carbocycles. The molecule has 1 fully saturated rings. The molecule has 9 heteroatoms. The molecular weight excluding hydrogens is 452 g/mol. The number of ether oxygens (including phenoxy) is 1. The highest BCUT2D eigenvalue weighted by molar-refractivity contribution is 7.09. The van der Waals surface area contributed by atoms with E-state index in [0.29, 0.717) is 28.9 Å². The minimum atomic E-state index is -0.354. The first-order valence-corrected chi connectivity index (χ1v) is 12.0. The summed E-state index contributed by atoms with van der Waals surface area (Å²) in [4.78, 5) is 48.1. The van der Waals surface area contributed by atoms with Gasteiger partial charge in [0.2, 0.25) is 0 Å². The molecule has 0 spiro atoms. The van der Waals surface area contributed by atoms with Crippen molar-refractivity contribution in [1.29, 1.82) is 0 Å². The Morgan fingerprint density at radius 2 is 1.68 bits per heavy atom. The highest BCUT2D eigenvalue weighted by Crippen LogP contribution is 2.28. The van der Waals surface area contributed by atoms with Crippen molar-refractivity contribution in [3.63, 3.8) is 0 Å². The maximum atomic E-state index is 12.9. The number of hydrogen-bond acceptors (Lipinski definition) is 7. The maximum Gasteiger partial charge on any atom is 0.266 e. The van der Waals surface area contributed by atoms with E-state index < -0.39 is 0 Å². The molecule has 34 heavy (non-hydrogen) atoms.